The minimum atomic E-state index is -0.208. The third kappa shape index (κ3) is 2.99. The molecule has 0 saturated carbocycles. The van der Waals surface area contributed by atoms with Crippen LogP contribution in [-0.4, -0.2) is 7.05 Å². The van der Waals surface area contributed by atoms with E-state index < -0.39 is 0 Å². The predicted octanol–water partition coefficient (Wildman–Crippen LogP) is 4.66. The van der Waals surface area contributed by atoms with E-state index in [0.717, 1.165) is 14.5 Å². The van der Waals surface area contributed by atoms with Crippen molar-refractivity contribution < 1.29 is 4.39 Å². The molecule has 1 atom stereocenters. The van der Waals surface area contributed by atoms with Gasteiger partial charge in [-0.3, -0.25) is 0 Å². The minimum Gasteiger partial charge on any atom is -0.309 e. The second kappa shape index (κ2) is 5.95. The second-order valence-electron chi connectivity index (χ2n) is 3.94. The van der Waals surface area contributed by atoms with E-state index in [-0.39, 0.29) is 11.9 Å². The summed E-state index contributed by atoms with van der Waals surface area (Å²) in [6, 6.07) is 12.7. The van der Waals surface area contributed by atoms with Crippen molar-refractivity contribution in [3.8, 4) is 0 Å². The summed E-state index contributed by atoms with van der Waals surface area (Å²) in [6.07, 6.45) is 0. The monoisotopic (exact) mass is 371 g/mol. The highest BCUT2D eigenvalue weighted by molar-refractivity contribution is 9.10. The highest BCUT2D eigenvalue weighted by Crippen LogP contribution is 2.27. The van der Waals surface area contributed by atoms with E-state index >= 15 is 0 Å². The van der Waals surface area contributed by atoms with E-state index in [1.165, 1.54) is 6.07 Å². The van der Waals surface area contributed by atoms with Crippen molar-refractivity contribution >= 4 is 31.9 Å². The number of rotatable bonds is 3. The van der Waals surface area contributed by atoms with Crippen LogP contribution in [0.4, 0.5) is 4.39 Å². The number of benzene rings is 2. The molecule has 0 aliphatic heterocycles. The summed E-state index contributed by atoms with van der Waals surface area (Å²) in [7, 11) is 1.83. The van der Waals surface area contributed by atoms with Crippen LogP contribution < -0.4 is 5.32 Å². The van der Waals surface area contributed by atoms with Crippen molar-refractivity contribution in [3.05, 3.63) is 68.4 Å². The molecule has 0 spiro atoms. The third-order valence-corrected chi connectivity index (χ3v) is 3.78. The molecule has 2 aromatic carbocycles. The second-order valence-corrected chi connectivity index (χ2v) is 5.77. The summed E-state index contributed by atoms with van der Waals surface area (Å²) in [4.78, 5) is 0. The number of nitrogens with one attached hydrogen (secondary N) is 1. The molecule has 1 unspecified atom stereocenters. The number of halogens is 3. The van der Waals surface area contributed by atoms with Gasteiger partial charge in [0.05, 0.1) is 6.04 Å². The summed E-state index contributed by atoms with van der Waals surface area (Å²) in [5.41, 5.74) is 1.66. The first-order valence-electron chi connectivity index (χ1n) is 5.49. The fourth-order valence-electron chi connectivity index (χ4n) is 1.89. The zero-order chi connectivity index (χ0) is 13.1. The van der Waals surface area contributed by atoms with Gasteiger partial charge in [-0.1, -0.05) is 44.0 Å². The maximum atomic E-state index is 13.9. The molecule has 0 saturated heterocycles. The Labute approximate surface area is 123 Å². The zero-order valence-electron chi connectivity index (χ0n) is 9.75. The summed E-state index contributed by atoms with van der Waals surface area (Å²) in [5.74, 6) is -0.208. The van der Waals surface area contributed by atoms with Crippen molar-refractivity contribution in [1.29, 1.82) is 0 Å². The number of hydrogen-bond donors (Lipinski definition) is 1. The van der Waals surface area contributed by atoms with Gasteiger partial charge in [0.2, 0.25) is 0 Å². The van der Waals surface area contributed by atoms with Gasteiger partial charge in [0.15, 0.2) is 0 Å². The first kappa shape index (κ1) is 13.7. The van der Waals surface area contributed by atoms with Gasteiger partial charge in [0.1, 0.15) is 5.82 Å². The maximum Gasteiger partial charge on any atom is 0.128 e. The van der Waals surface area contributed by atoms with Gasteiger partial charge in [-0.15, -0.1) is 0 Å². The van der Waals surface area contributed by atoms with Crippen molar-refractivity contribution in [2.75, 3.05) is 7.05 Å². The lowest BCUT2D eigenvalue weighted by Crippen LogP contribution is -2.18. The molecule has 4 heteroatoms. The Balaban J connectivity index is 2.44. The predicted molar refractivity (Wildman–Crippen MR) is 79.1 cm³/mol. The van der Waals surface area contributed by atoms with Gasteiger partial charge in [-0.25, -0.2) is 4.39 Å². The topological polar surface area (TPSA) is 12.0 Å². The van der Waals surface area contributed by atoms with E-state index in [1.54, 1.807) is 12.1 Å². The Hall–Kier alpha value is -0.710. The SMILES string of the molecule is CNC(c1ccc(Br)cc1)c1cc(Br)ccc1F. The molecule has 0 aromatic heterocycles. The first-order chi connectivity index (χ1) is 8.61. The van der Waals surface area contributed by atoms with Gasteiger partial charge >= 0.3 is 0 Å². The number of hydrogen-bond acceptors (Lipinski definition) is 1. The van der Waals surface area contributed by atoms with Crippen molar-refractivity contribution in [1.82, 2.24) is 5.32 Å². The molecule has 0 aliphatic rings. The van der Waals surface area contributed by atoms with E-state index in [1.807, 2.05) is 31.3 Å². The lowest BCUT2D eigenvalue weighted by molar-refractivity contribution is 0.575. The van der Waals surface area contributed by atoms with Crippen LogP contribution in [-0.2, 0) is 0 Å². The molecule has 1 nitrogen and oxygen atoms in total. The summed E-state index contributed by atoms with van der Waals surface area (Å²) < 4.78 is 15.8. The van der Waals surface area contributed by atoms with E-state index in [9.17, 15) is 4.39 Å². The Morgan fingerprint density at radius 2 is 1.61 bits per heavy atom. The van der Waals surface area contributed by atoms with Crippen molar-refractivity contribution in [3.63, 3.8) is 0 Å². The molecule has 94 valence electrons. The molecule has 1 N–H and O–H groups in total. The summed E-state index contributed by atoms with van der Waals surface area (Å²) >= 11 is 6.77. The van der Waals surface area contributed by atoms with Crippen LogP contribution in [0.1, 0.15) is 17.2 Å². The Kier molecular flexibility index (Phi) is 4.54. The molecule has 0 bridgehead atoms. The largest absolute Gasteiger partial charge is 0.309 e. The fraction of sp³-hybridized carbons (Fsp3) is 0.143. The first-order valence-corrected chi connectivity index (χ1v) is 7.08. The molecular weight excluding hydrogens is 361 g/mol. The summed E-state index contributed by atoms with van der Waals surface area (Å²) in [5, 5.41) is 3.15. The van der Waals surface area contributed by atoms with E-state index in [0.29, 0.717) is 5.56 Å². The molecule has 2 aromatic rings. The van der Waals surface area contributed by atoms with Gasteiger partial charge in [-0.05, 0) is 42.9 Å². The van der Waals surface area contributed by atoms with Gasteiger partial charge in [0.25, 0.3) is 0 Å². The molecule has 0 amide bonds. The molecule has 0 aliphatic carbocycles. The van der Waals surface area contributed by atoms with E-state index in [2.05, 4.69) is 37.2 Å². The van der Waals surface area contributed by atoms with Crippen LogP contribution in [0, 0.1) is 5.82 Å². The molecule has 0 fully saturated rings. The average molecular weight is 373 g/mol. The maximum absolute atomic E-state index is 13.9. The third-order valence-electron chi connectivity index (χ3n) is 2.76. The quantitative estimate of drug-likeness (QED) is 0.826. The molecular formula is C14H12Br2FN. The Morgan fingerprint density at radius 3 is 2.22 bits per heavy atom. The summed E-state index contributed by atoms with van der Waals surface area (Å²) in [6.45, 7) is 0. The van der Waals surface area contributed by atoms with E-state index in [4.69, 9.17) is 0 Å². The zero-order valence-corrected chi connectivity index (χ0v) is 12.9. The fourth-order valence-corrected chi connectivity index (χ4v) is 2.54. The van der Waals surface area contributed by atoms with Crippen molar-refractivity contribution in [2.45, 2.75) is 6.04 Å². The normalized spacial score (nSPS) is 12.4. The molecule has 0 radical (unpaired) electrons. The minimum absolute atomic E-state index is 0.157. The van der Waals surface area contributed by atoms with Crippen molar-refractivity contribution in [2.24, 2.45) is 0 Å². The van der Waals surface area contributed by atoms with Gasteiger partial charge in [0, 0.05) is 14.5 Å². The standard InChI is InChI=1S/C14H12Br2FN/c1-18-14(9-2-4-10(15)5-3-9)12-8-11(16)6-7-13(12)17/h2-8,14,18H,1H3. The van der Waals surface area contributed by atoms with Crippen LogP contribution in [0.3, 0.4) is 0 Å². The lowest BCUT2D eigenvalue weighted by atomic mass is 9.98. The van der Waals surface area contributed by atoms with Crippen LogP contribution in [0.25, 0.3) is 0 Å². The smallest absolute Gasteiger partial charge is 0.128 e. The van der Waals surface area contributed by atoms with Crippen LogP contribution in [0.5, 0.6) is 0 Å². The van der Waals surface area contributed by atoms with Crippen LogP contribution in [0.2, 0.25) is 0 Å². The highest BCUT2D eigenvalue weighted by Gasteiger charge is 2.16. The Morgan fingerprint density at radius 1 is 1.00 bits per heavy atom. The van der Waals surface area contributed by atoms with Crippen LogP contribution in [0.15, 0.2) is 51.4 Å². The van der Waals surface area contributed by atoms with Gasteiger partial charge < -0.3 is 5.32 Å². The Bertz CT molecular complexity index is 540. The molecule has 2 rings (SSSR count). The highest BCUT2D eigenvalue weighted by atomic mass is 79.9. The lowest BCUT2D eigenvalue weighted by Gasteiger charge is -2.18. The molecule has 0 heterocycles. The van der Waals surface area contributed by atoms with Gasteiger partial charge in [-0.2, -0.15) is 0 Å². The molecule has 18 heavy (non-hydrogen) atoms. The van der Waals surface area contributed by atoms with Crippen LogP contribution >= 0.6 is 31.9 Å². The average Bonchev–Trinajstić information content (AvgIpc) is 2.37.